The minimum atomic E-state index is -5.12. The van der Waals surface area contributed by atoms with Gasteiger partial charge in [0.1, 0.15) is 48.3 Å². The molecule has 4 aromatic carbocycles. The molecule has 3 heterocycles. The van der Waals surface area contributed by atoms with Crippen LogP contribution in [0.25, 0.3) is 12.2 Å². The summed E-state index contributed by atoms with van der Waals surface area (Å²) in [5.41, 5.74) is 12.7. The van der Waals surface area contributed by atoms with Gasteiger partial charge in [-0.25, -0.2) is 30.4 Å². The number of aryl methyl sites for hydroxylation is 4. The lowest BCUT2D eigenvalue weighted by atomic mass is 9.89. The fourth-order valence-electron chi connectivity index (χ4n) is 8.71. The number of nitrogens with one attached hydrogen (secondary N) is 1. The van der Waals surface area contributed by atoms with E-state index < -0.39 is 116 Å². The number of aliphatic hydroxyl groups excluding tert-OH is 5. The fourth-order valence-corrected chi connectivity index (χ4v) is 11.1. The SMILES string of the molecule is CCO.Cc1cc(OC[C@H](O)CO)cc(C)c1/C=C/S(=O)(=O)N1CCC(N)(C(N)=O)CC1.Cc1cc(OC[C@H](O)CO)cc(C)c1/C=C/S(=O)(=O)N1CCC2(CC1)N=C(c1ccc(F)c(OC(F)(F)F)c1)NC2=O.O=C(O)c1ccc(F)c(OC(F)(F)F)c1. The Morgan fingerprint density at radius 3 is 1.44 bits per heavy atom. The molecule has 2 amide bonds. The van der Waals surface area contributed by atoms with E-state index in [9.17, 15) is 76.6 Å². The lowest BCUT2D eigenvalue weighted by Crippen LogP contribution is -2.58. The number of halogens is 8. The topological polar surface area (TPSA) is 361 Å². The molecule has 0 aromatic heterocycles. The largest absolute Gasteiger partial charge is 0.573 e. The summed E-state index contributed by atoms with van der Waals surface area (Å²) in [5.74, 6) is -6.46. The monoisotopic (exact) mass is 1310 g/mol. The number of ether oxygens (including phenoxy) is 4. The Bertz CT molecular complexity index is 3420. The first kappa shape index (κ1) is 74.1. The predicted octanol–water partition coefficient (Wildman–Crippen LogP) is 4.82. The zero-order valence-electron chi connectivity index (χ0n) is 48.4. The van der Waals surface area contributed by atoms with Crippen LogP contribution in [0.4, 0.5) is 35.1 Å². The van der Waals surface area contributed by atoms with E-state index in [0.717, 1.165) is 62.9 Å². The Kier molecular flexibility index (Phi) is 26.2. The number of nitrogens with zero attached hydrogens (tertiary/aromatic N) is 3. The first-order valence-corrected chi connectivity index (χ1v) is 29.7. The third-order valence-corrected chi connectivity index (χ3v) is 16.6. The molecule has 11 N–H and O–H groups in total. The maximum atomic E-state index is 13.8. The molecule has 3 aliphatic rings. The van der Waals surface area contributed by atoms with Gasteiger partial charge in [-0.15, -0.1) is 26.3 Å². The second kappa shape index (κ2) is 31.4. The highest BCUT2D eigenvalue weighted by atomic mass is 32.2. The number of hydrogen-bond donors (Lipinski definition) is 9. The van der Waals surface area contributed by atoms with E-state index in [1.165, 1.54) is 20.8 Å². The Balaban J connectivity index is 0.000000310. The summed E-state index contributed by atoms with van der Waals surface area (Å²) in [5, 5.41) is 57.4. The number of aromatic carboxylic acids is 1. The van der Waals surface area contributed by atoms with Gasteiger partial charge < -0.3 is 66.4 Å². The number of piperidine rings is 2. The van der Waals surface area contributed by atoms with Gasteiger partial charge >= 0.3 is 18.7 Å². The maximum absolute atomic E-state index is 13.8. The third kappa shape index (κ3) is 21.7. The Hall–Kier alpha value is -7.34. The fraction of sp³-hybridized carbons (Fsp3) is 0.429. The lowest BCUT2D eigenvalue weighted by molar-refractivity contribution is -0.276. The summed E-state index contributed by atoms with van der Waals surface area (Å²) in [6, 6.07) is 11.4. The maximum Gasteiger partial charge on any atom is 0.573 e. The van der Waals surface area contributed by atoms with Crippen LogP contribution in [0.5, 0.6) is 23.0 Å². The number of hydrogen-bond acceptors (Lipinski definition) is 18. The van der Waals surface area contributed by atoms with Crippen LogP contribution in [0.1, 0.15) is 81.9 Å². The second-order valence-corrected chi connectivity index (χ2v) is 23.8. The number of carbonyl (C=O) groups is 3. The van der Waals surface area contributed by atoms with Crippen LogP contribution in [0, 0.1) is 39.3 Å². The standard InChI is InChI=1S/C27H29F4N3O7S.C19H29N3O6S.C8H4F4O3.C2H6O/c1-16-11-20(40-15-19(36)14-35)12-17(2)21(16)5-10-42(38,39)34-8-6-26(7-9-34)25(37)32-24(33-26)18-3-4-22(28)23(13-18)41-27(29,30)31;1-13-9-16(28-12-15(24)11-23)10-14(2)17(13)3-8-29(26,27)22-6-4-19(21,5-7-22)18(20)25;9-5-2-1-4(7(13)14)3-6(5)15-8(10,11)12;1-2-3/h3-5,10-13,19,35-36H,6-9,14-15H2,1-2H3,(H,32,33,37);3,8-10,15,23-24H,4-7,11-12,21H2,1-2H3,(H2,20,25);1-3H,(H,13,14);3H,2H2,1H3/b10-5+;8-3+;;/t19-;15-;;/m11../s1. The summed E-state index contributed by atoms with van der Waals surface area (Å²) < 4.78 is 171. The van der Waals surface area contributed by atoms with E-state index in [0.29, 0.717) is 29.2 Å². The predicted molar refractivity (Wildman–Crippen MR) is 306 cm³/mol. The highest BCUT2D eigenvalue weighted by molar-refractivity contribution is 7.92. The summed E-state index contributed by atoms with van der Waals surface area (Å²) in [7, 11) is -7.56. The molecule has 3 aliphatic heterocycles. The first-order chi connectivity index (χ1) is 41.3. The molecule has 0 unspecified atom stereocenters. The molecule has 0 bridgehead atoms. The number of carboxylic acids is 1. The molecule has 1 spiro atoms. The van der Waals surface area contributed by atoms with Crippen molar-refractivity contribution in [3.63, 3.8) is 0 Å². The Morgan fingerprint density at radius 1 is 0.685 bits per heavy atom. The van der Waals surface area contributed by atoms with E-state index in [1.807, 2.05) is 13.8 Å². The minimum Gasteiger partial charge on any atom is -0.491 e. The Morgan fingerprint density at radius 2 is 1.07 bits per heavy atom. The number of aliphatic imine (C=N–C) groups is 1. The van der Waals surface area contributed by atoms with Crippen molar-refractivity contribution in [3.8, 4) is 23.0 Å². The molecule has 2 fully saturated rings. The zero-order chi connectivity index (χ0) is 67.0. The van der Waals surface area contributed by atoms with Crippen LogP contribution in [-0.4, -0.2) is 175 Å². The van der Waals surface area contributed by atoms with Gasteiger partial charge in [0.05, 0.1) is 24.3 Å². The molecule has 0 saturated carbocycles. The van der Waals surface area contributed by atoms with E-state index in [2.05, 4.69) is 19.8 Å². The van der Waals surface area contributed by atoms with Crippen molar-refractivity contribution in [3.05, 3.63) is 128 Å². The van der Waals surface area contributed by atoms with Crippen molar-refractivity contribution in [2.75, 3.05) is 59.2 Å². The van der Waals surface area contributed by atoms with Gasteiger partial charge in [-0.05, 0) is 166 Å². The van der Waals surface area contributed by atoms with Crippen LogP contribution in [0.3, 0.4) is 0 Å². The number of sulfonamides is 2. The van der Waals surface area contributed by atoms with Gasteiger partial charge in [-0.1, -0.05) is 0 Å². The molecule has 0 radical (unpaired) electrons. The molecular weight excluding hydrogens is 1240 g/mol. The van der Waals surface area contributed by atoms with Crippen molar-refractivity contribution in [2.45, 2.75) is 96.3 Å². The van der Waals surface area contributed by atoms with Gasteiger partial charge in [0.25, 0.3) is 5.91 Å². The van der Waals surface area contributed by atoms with E-state index >= 15 is 0 Å². The molecule has 7 rings (SSSR count). The number of aliphatic hydroxyl groups is 5. The van der Waals surface area contributed by atoms with Crippen LogP contribution in [0.15, 0.2) is 76.5 Å². The van der Waals surface area contributed by atoms with Gasteiger partial charge in [-0.3, -0.25) is 14.6 Å². The van der Waals surface area contributed by atoms with Crippen LogP contribution in [-0.2, 0) is 29.6 Å². The van der Waals surface area contributed by atoms with E-state index in [1.54, 1.807) is 45.0 Å². The third-order valence-electron chi connectivity index (χ3n) is 13.4. The smallest absolute Gasteiger partial charge is 0.491 e. The normalized spacial score (nSPS) is 16.8. The average Bonchev–Trinajstić information content (AvgIpc) is 2.46. The number of amidine groups is 1. The summed E-state index contributed by atoms with van der Waals surface area (Å²) in [6.07, 6.45) is -8.77. The van der Waals surface area contributed by atoms with Crippen LogP contribution < -0.4 is 35.7 Å². The number of carboxylic acid groups (broad SMARTS) is 1. The van der Waals surface area contributed by atoms with Gasteiger partial charge in [0.2, 0.25) is 26.0 Å². The van der Waals surface area contributed by atoms with Crippen molar-refractivity contribution < 1.29 is 116 Å². The van der Waals surface area contributed by atoms with Crippen LogP contribution >= 0.6 is 0 Å². The second-order valence-electron chi connectivity index (χ2n) is 20.2. The number of primary amides is 1. The van der Waals surface area contributed by atoms with Crippen molar-refractivity contribution >= 4 is 55.8 Å². The number of alkyl halides is 6. The summed E-state index contributed by atoms with van der Waals surface area (Å²) >= 11 is 0. The van der Waals surface area contributed by atoms with E-state index in [-0.39, 0.29) is 83.1 Å². The number of carbonyl (C=O) groups excluding carboxylic acids is 2. The quantitative estimate of drug-likeness (QED) is 0.0568. The van der Waals surface area contributed by atoms with Crippen molar-refractivity contribution in [1.29, 1.82) is 0 Å². The molecule has 492 valence electrons. The molecule has 4 aromatic rings. The molecule has 33 heteroatoms. The minimum absolute atomic E-state index is 0.00518. The molecule has 2 atom stereocenters. The molecule has 23 nitrogen and oxygen atoms in total. The molecule has 0 aliphatic carbocycles. The zero-order valence-corrected chi connectivity index (χ0v) is 50.1. The highest BCUT2D eigenvalue weighted by Crippen LogP contribution is 2.35. The Labute approximate surface area is 506 Å². The number of rotatable bonds is 19. The summed E-state index contributed by atoms with van der Waals surface area (Å²) in [6.45, 7) is 8.32. The number of nitrogens with two attached hydrogens (primary N) is 2. The van der Waals surface area contributed by atoms with Gasteiger partial charge in [0.15, 0.2) is 23.1 Å². The van der Waals surface area contributed by atoms with Crippen molar-refractivity contribution in [2.24, 2.45) is 16.5 Å². The van der Waals surface area contributed by atoms with Crippen molar-refractivity contribution in [1.82, 2.24) is 13.9 Å². The first-order valence-electron chi connectivity index (χ1n) is 26.7. The molecule has 2 saturated heterocycles. The van der Waals surface area contributed by atoms with Gasteiger partial charge in [0, 0.05) is 49.2 Å². The van der Waals surface area contributed by atoms with Crippen LogP contribution in [0.2, 0.25) is 0 Å². The average molecular weight is 1310 g/mol. The lowest BCUT2D eigenvalue weighted by Gasteiger charge is -2.35. The van der Waals surface area contributed by atoms with Gasteiger partial charge in [-0.2, -0.15) is 8.61 Å². The number of benzene rings is 4. The highest BCUT2D eigenvalue weighted by Gasteiger charge is 2.48. The molecule has 89 heavy (non-hydrogen) atoms. The summed E-state index contributed by atoms with van der Waals surface area (Å²) in [4.78, 5) is 39.0. The number of amides is 2. The van der Waals surface area contributed by atoms with E-state index in [4.69, 9.17) is 41.4 Å². The molecular formula is C56H68F8N6O17S2.